The molecule has 2 atom stereocenters. The van der Waals surface area contributed by atoms with Crippen molar-refractivity contribution in [2.45, 2.75) is 71.0 Å². The highest BCUT2D eigenvalue weighted by Crippen LogP contribution is 2.37. The lowest BCUT2D eigenvalue weighted by atomic mass is 9.73. The van der Waals surface area contributed by atoms with Gasteiger partial charge in [0.15, 0.2) is 0 Å². The van der Waals surface area contributed by atoms with Gasteiger partial charge in [-0.15, -0.1) is 0 Å². The van der Waals surface area contributed by atoms with Crippen molar-refractivity contribution < 1.29 is 9.84 Å². The summed E-state index contributed by atoms with van der Waals surface area (Å²) in [6.07, 6.45) is 8.55. The Morgan fingerprint density at radius 3 is 2.56 bits per heavy atom. The van der Waals surface area contributed by atoms with Crippen molar-refractivity contribution in [3.8, 4) is 0 Å². The van der Waals surface area contributed by atoms with Crippen molar-refractivity contribution in [1.82, 2.24) is 0 Å². The number of hydrogen-bond acceptors (Lipinski definition) is 2. The van der Waals surface area contributed by atoms with Crippen LogP contribution in [0.4, 0.5) is 0 Å². The van der Waals surface area contributed by atoms with E-state index >= 15 is 0 Å². The van der Waals surface area contributed by atoms with Crippen LogP contribution in [-0.4, -0.2) is 23.9 Å². The van der Waals surface area contributed by atoms with E-state index in [1.165, 1.54) is 32.1 Å². The van der Waals surface area contributed by atoms with Crippen LogP contribution in [0.2, 0.25) is 0 Å². The normalized spacial score (nSPS) is 34.7. The zero-order valence-electron chi connectivity index (χ0n) is 10.7. The Labute approximate surface area is 99.4 Å². The summed E-state index contributed by atoms with van der Waals surface area (Å²) in [5.74, 6) is 0.911. The molecule has 0 aromatic heterocycles. The summed E-state index contributed by atoms with van der Waals surface area (Å²) in [7, 11) is 0. The Bertz CT molecular complexity index is 221. The molecule has 0 spiro atoms. The van der Waals surface area contributed by atoms with E-state index < -0.39 is 0 Å². The Balaban J connectivity index is 1.71. The van der Waals surface area contributed by atoms with E-state index in [2.05, 4.69) is 13.8 Å². The van der Waals surface area contributed by atoms with E-state index in [0.29, 0.717) is 0 Å². The van der Waals surface area contributed by atoms with Crippen LogP contribution in [-0.2, 0) is 4.74 Å². The summed E-state index contributed by atoms with van der Waals surface area (Å²) >= 11 is 0. The molecule has 2 aliphatic rings. The topological polar surface area (TPSA) is 29.5 Å². The Kier molecular flexibility index (Phi) is 3.91. The molecule has 2 nitrogen and oxygen atoms in total. The molecule has 0 radical (unpaired) electrons. The first-order valence-electron chi connectivity index (χ1n) is 6.89. The van der Waals surface area contributed by atoms with Crippen LogP contribution in [0.15, 0.2) is 0 Å². The fourth-order valence-corrected chi connectivity index (χ4v) is 2.91. The molecule has 2 saturated carbocycles. The van der Waals surface area contributed by atoms with E-state index in [4.69, 9.17) is 4.74 Å². The Morgan fingerprint density at radius 1 is 1.19 bits per heavy atom. The van der Waals surface area contributed by atoms with Gasteiger partial charge in [0.05, 0.1) is 12.2 Å². The van der Waals surface area contributed by atoms with Gasteiger partial charge in [0.25, 0.3) is 0 Å². The van der Waals surface area contributed by atoms with Crippen molar-refractivity contribution in [2.24, 2.45) is 11.3 Å². The van der Waals surface area contributed by atoms with Gasteiger partial charge in [-0.1, -0.05) is 39.5 Å². The Morgan fingerprint density at radius 2 is 1.94 bits per heavy atom. The fraction of sp³-hybridized carbons (Fsp3) is 1.00. The lowest BCUT2D eigenvalue weighted by Gasteiger charge is -2.40. The van der Waals surface area contributed by atoms with Crippen LogP contribution in [0.25, 0.3) is 0 Å². The highest BCUT2D eigenvalue weighted by Gasteiger charge is 2.38. The quantitative estimate of drug-likeness (QED) is 0.798. The molecule has 16 heavy (non-hydrogen) atoms. The van der Waals surface area contributed by atoms with Crippen LogP contribution >= 0.6 is 0 Å². The molecule has 0 amide bonds. The van der Waals surface area contributed by atoms with Gasteiger partial charge in [0.1, 0.15) is 0 Å². The van der Waals surface area contributed by atoms with Crippen molar-refractivity contribution in [3.63, 3.8) is 0 Å². The summed E-state index contributed by atoms with van der Waals surface area (Å²) in [5, 5.41) is 10.2. The third kappa shape index (κ3) is 2.78. The first-order chi connectivity index (χ1) is 7.59. The first kappa shape index (κ1) is 12.4. The van der Waals surface area contributed by atoms with Gasteiger partial charge in [0, 0.05) is 6.61 Å². The largest absolute Gasteiger partial charge is 0.390 e. The first-order valence-corrected chi connectivity index (χ1v) is 6.89. The number of aliphatic hydroxyl groups excluding tert-OH is 1. The number of rotatable bonds is 4. The van der Waals surface area contributed by atoms with Crippen LogP contribution in [0, 0.1) is 11.3 Å². The molecular formula is C14H26O2. The van der Waals surface area contributed by atoms with Gasteiger partial charge < -0.3 is 9.84 Å². The highest BCUT2D eigenvalue weighted by molar-refractivity contribution is 4.89. The molecule has 0 saturated heterocycles. The second-order valence-corrected chi connectivity index (χ2v) is 6.32. The molecule has 2 aliphatic carbocycles. The van der Waals surface area contributed by atoms with Gasteiger partial charge in [-0.3, -0.25) is 0 Å². The molecule has 0 aliphatic heterocycles. The predicted molar refractivity (Wildman–Crippen MR) is 65.3 cm³/mol. The lowest BCUT2D eigenvalue weighted by Crippen LogP contribution is -2.44. The van der Waals surface area contributed by atoms with Crippen molar-refractivity contribution in [1.29, 1.82) is 0 Å². The third-order valence-corrected chi connectivity index (χ3v) is 4.55. The Hall–Kier alpha value is -0.0800. The molecular weight excluding hydrogens is 200 g/mol. The average molecular weight is 226 g/mol. The molecule has 94 valence electrons. The van der Waals surface area contributed by atoms with Crippen LogP contribution in [0.1, 0.15) is 58.8 Å². The van der Waals surface area contributed by atoms with Gasteiger partial charge in [0.2, 0.25) is 0 Å². The maximum Gasteiger partial charge on any atom is 0.0852 e. The van der Waals surface area contributed by atoms with Crippen LogP contribution in [0.3, 0.4) is 0 Å². The summed E-state index contributed by atoms with van der Waals surface area (Å²) in [6.45, 7) is 5.15. The van der Waals surface area contributed by atoms with Crippen molar-refractivity contribution in [3.05, 3.63) is 0 Å². The minimum Gasteiger partial charge on any atom is -0.390 e. The summed E-state index contributed by atoms with van der Waals surface area (Å²) in [4.78, 5) is 0. The number of hydrogen-bond donors (Lipinski definition) is 1. The monoisotopic (exact) mass is 226 g/mol. The zero-order valence-corrected chi connectivity index (χ0v) is 10.7. The van der Waals surface area contributed by atoms with Gasteiger partial charge >= 0.3 is 0 Å². The van der Waals surface area contributed by atoms with E-state index in [0.717, 1.165) is 25.4 Å². The van der Waals surface area contributed by atoms with E-state index in [1.54, 1.807) is 0 Å². The minimum absolute atomic E-state index is 0.0411. The molecule has 0 aromatic carbocycles. The second kappa shape index (κ2) is 5.05. The maximum absolute atomic E-state index is 10.2. The molecule has 2 unspecified atom stereocenters. The lowest BCUT2D eigenvalue weighted by molar-refractivity contribution is -0.115. The van der Waals surface area contributed by atoms with Gasteiger partial charge in [-0.2, -0.15) is 0 Å². The van der Waals surface area contributed by atoms with E-state index in [-0.39, 0.29) is 17.6 Å². The van der Waals surface area contributed by atoms with Crippen LogP contribution < -0.4 is 0 Å². The molecule has 1 N–H and O–H groups in total. The molecule has 0 aromatic rings. The molecule has 2 heteroatoms. The van der Waals surface area contributed by atoms with Gasteiger partial charge in [-0.25, -0.2) is 0 Å². The summed E-state index contributed by atoms with van der Waals surface area (Å²) in [5.41, 5.74) is 0.0411. The maximum atomic E-state index is 10.2. The fourth-order valence-electron chi connectivity index (χ4n) is 2.91. The zero-order chi connectivity index (χ0) is 11.6. The summed E-state index contributed by atoms with van der Waals surface area (Å²) in [6, 6.07) is 0. The predicted octanol–water partition coefficient (Wildman–Crippen LogP) is 3.13. The SMILES string of the molecule is CC1(C)CCCC(OCCC2CCC2)C1O. The minimum atomic E-state index is -0.275. The van der Waals surface area contributed by atoms with Crippen molar-refractivity contribution in [2.75, 3.05) is 6.61 Å². The molecule has 2 rings (SSSR count). The number of ether oxygens (including phenoxy) is 1. The molecule has 0 bridgehead atoms. The standard InChI is InChI=1S/C14H26O2/c1-14(2)9-4-7-12(13(14)15)16-10-8-11-5-3-6-11/h11-13,15H,3-10H2,1-2H3. The number of aliphatic hydroxyl groups is 1. The molecule has 0 heterocycles. The smallest absolute Gasteiger partial charge is 0.0852 e. The molecule has 2 fully saturated rings. The van der Waals surface area contributed by atoms with Crippen molar-refractivity contribution >= 4 is 0 Å². The van der Waals surface area contributed by atoms with Gasteiger partial charge in [-0.05, 0) is 30.6 Å². The van der Waals surface area contributed by atoms with Crippen LogP contribution in [0.5, 0.6) is 0 Å². The highest BCUT2D eigenvalue weighted by atomic mass is 16.5. The third-order valence-electron chi connectivity index (χ3n) is 4.55. The van der Waals surface area contributed by atoms with E-state index in [1.807, 2.05) is 0 Å². The second-order valence-electron chi connectivity index (χ2n) is 6.32. The average Bonchev–Trinajstić information content (AvgIpc) is 2.16. The van der Waals surface area contributed by atoms with E-state index in [9.17, 15) is 5.11 Å². The summed E-state index contributed by atoms with van der Waals surface area (Å²) < 4.78 is 5.89.